The quantitative estimate of drug-likeness (QED) is 0.694. The van der Waals surface area contributed by atoms with E-state index in [1.807, 2.05) is 27.7 Å². The van der Waals surface area contributed by atoms with E-state index in [0.717, 1.165) is 32.3 Å². The predicted molar refractivity (Wildman–Crippen MR) is 102 cm³/mol. The zero-order valence-corrected chi connectivity index (χ0v) is 17.8. The van der Waals surface area contributed by atoms with E-state index in [4.69, 9.17) is 18.9 Å². The molecule has 2 rings (SSSR count). The molecule has 0 saturated carbocycles. The van der Waals surface area contributed by atoms with Gasteiger partial charge in [0.05, 0.1) is 31.5 Å². The summed E-state index contributed by atoms with van der Waals surface area (Å²) in [6, 6.07) is 0. The van der Waals surface area contributed by atoms with E-state index in [0.29, 0.717) is 24.4 Å². The summed E-state index contributed by atoms with van der Waals surface area (Å²) in [5, 5.41) is 10.4. The maximum Gasteiger partial charge on any atom is 0.163 e. The molecule has 2 aliphatic heterocycles. The molecule has 0 aromatic carbocycles. The van der Waals surface area contributed by atoms with Crippen molar-refractivity contribution in [2.45, 2.75) is 104 Å². The summed E-state index contributed by atoms with van der Waals surface area (Å²) >= 11 is 0. The van der Waals surface area contributed by atoms with Gasteiger partial charge >= 0.3 is 0 Å². The third-order valence-corrected chi connectivity index (χ3v) is 5.81. The van der Waals surface area contributed by atoms with Crippen LogP contribution in [0.25, 0.3) is 0 Å². The first-order valence-corrected chi connectivity index (χ1v) is 10.3. The Kier molecular flexibility index (Phi) is 7.54. The van der Waals surface area contributed by atoms with Gasteiger partial charge in [0, 0.05) is 5.92 Å². The van der Waals surface area contributed by atoms with Crippen molar-refractivity contribution in [3.05, 3.63) is 0 Å². The normalized spacial score (nSPS) is 34.4. The van der Waals surface area contributed by atoms with E-state index in [2.05, 4.69) is 20.8 Å². The number of hydrogen-bond donors (Lipinski definition) is 1. The summed E-state index contributed by atoms with van der Waals surface area (Å²) in [6.07, 6.45) is 3.61. The molecule has 5 heteroatoms. The summed E-state index contributed by atoms with van der Waals surface area (Å²) in [5.74, 6) is 0.215. The molecule has 26 heavy (non-hydrogen) atoms. The van der Waals surface area contributed by atoms with Gasteiger partial charge in [-0.2, -0.15) is 0 Å². The third kappa shape index (κ3) is 6.45. The highest BCUT2D eigenvalue weighted by Gasteiger charge is 2.37. The molecule has 1 N–H and O–H groups in total. The van der Waals surface area contributed by atoms with Crippen LogP contribution >= 0.6 is 0 Å². The number of ether oxygens (including phenoxy) is 4. The molecule has 2 saturated heterocycles. The van der Waals surface area contributed by atoms with Gasteiger partial charge in [-0.25, -0.2) is 0 Å². The minimum atomic E-state index is -0.503. The van der Waals surface area contributed by atoms with Crippen molar-refractivity contribution in [2.75, 3.05) is 13.2 Å². The first-order valence-electron chi connectivity index (χ1n) is 10.3. The van der Waals surface area contributed by atoms with Gasteiger partial charge in [-0.05, 0) is 65.2 Å². The molecule has 0 aliphatic carbocycles. The van der Waals surface area contributed by atoms with Crippen LogP contribution < -0.4 is 0 Å². The van der Waals surface area contributed by atoms with Crippen molar-refractivity contribution in [3.8, 4) is 0 Å². The summed E-state index contributed by atoms with van der Waals surface area (Å²) in [4.78, 5) is 0. The Balaban J connectivity index is 1.68. The fraction of sp³-hybridized carbons (Fsp3) is 1.00. The maximum absolute atomic E-state index is 10.4. The van der Waals surface area contributed by atoms with Gasteiger partial charge in [0.2, 0.25) is 0 Å². The van der Waals surface area contributed by atoms with Gasteiger partial charge in [0.25, 0.3) is 0 Å². The van der Waals surface area contributed by atoms with Gasteiger partial charge in [0.1, 0.15) is 0 Å². The summed E-state index contributed by atoms with van der Waals surface area (Å²) in [7, 11) is 0. The Morgan fingerprint density at radius 2 is 1.38 bits per heavy atom. The first kappa shape index (κ1) is 22.1. The summed E-state index contributed by atoms with van der Waals surface area (Å²) < 4.78 is 23.4. The van der Waals surface area contributed by atoms with Crippen molar-refractivity contribution in [3.63, 3.8) is 0 Å². The van der Waals surface area contributed by atoms with Crippen molar-refractivity contribution in [2.24, 2.45) is 17.8 Å². The van der Waals surface area contributed by atoms with Crippen molar-refractivity contribution in [1.82, 2.24) is 0 Å². The van der Waals surface area contributed by atoms with E-state index in [1.54, 1.807) is 0 Å². The van der Waals surface area contributed by atoms with Crippen molar-refractivity contribution >= 4 is 0 Å². The zero-order chi connectivity index (χ0) is 19.5. The lowest BCUT2D eigenvalue weighted by atomic mass is 9.87. The zero-order valence-electron chi connectivity index (χ0n) is 17.8. The number of aliphatic hydroxyl groups excluding tert-OH is 1. The highest BCUT2D eigenvalue weighted by molar-refractivity contribution is 4.80. The number of aliphatic hydroxyl groups is 1. The van der Waals surface area contributed by atoms with Gasteiger partial charge < -0.3 is 24.1 Å². The van der Waals surface area contributed by atoms with E-state index in [9.17, 15) is 5.11 Å². The molecule has 6 atom stereocenters. The van der Waals surface area contributed by atoms with E-state index in [-0.39, 0.29) is 18.3 Å². The van der Waals surface area contributed by atoms with E-state index in [1.165, 1.54) is 0 Å². The molecule has 2 heterocycles. The van der Waals surface area contributed by atoms with Crippen LogP contribution in [-0.4, -0.2) is 48.2 Å². The van der Waals surface area contributed by atoms with Crippen LogP contribution in [0.1, 0.15) is 74.1 Å². The van der Waals surface area contributed by atoms with Gasteiger partial charge in [0.15, 0.2) is 11.6 Å². The van der Waals surface area contributed by atoms with E-state index >= 15 is 0 Å². The van der Waals surface area contributed by atoms with Gasteiger partial charge in [-0.15, -0.1) is 0 Å². The third-order valence-electron chi connectivity index (χ3n) is 5.81. The lowest BCUT2D eigenvalue weighted by molar-refractivity contribution is -0.299. The highest BCUT2D eigenvalue weighted by Crippen LogP contribution is 2.33. The minimum absolute atomic E-state index is 0.134. The molecule has 0 aromatic heterocycles. The average molecular weight is 373 g/mol. The van der Waals surface area contributed by atoms with Crippen LogP contribution in [0.3, 0.4) is 0 Å². The monoisotopic (exact) mass is 372 g/mol. The van der Waals surface area contributed by atoms with Gasteiger partial charge in [-0.3, -0.25) is 0 Å². The van der Waals surface area contributed by atoms with Crippen LogP contribution in [0.15, 0.2) is 0 Å². The predicted octanol–water partition coefficient (Wildman–Crippen LogP) is 4.12. The first-order chi connectivity index (χ1) is 12.0. The maximum atomic E-state index is 10.4. The molecule has 2 fully saturated rings. The molecule has 0 spiro atoms. The molecule has 154 valence electrons. The minimum Gasteiger partial charge on any atom is -0.393 e. The molecular formula is C21H40O5. The second-order valence-corrected chi connectivity index (χ2v) is 9.40. The Bertz CT molecular complexity index is 436. The average Bonchev–Trinajstić information content (AvgIpc) is 2.92. The second kappa shape index (κ2) is 8.87. The summed E-state index contributed by atoms with van der Waals surface area (Å²) in [5.41, 5.74) is 0. The Labute approximate surface area is 159 Å². The van der Waals surface area contributed by atoms with Crippen molar-refractivity contribution < 1.29 is 24.1 Å². The Morgan fingerprint density at radius 1 is 0.846 bits per heavy atom. The molecule has 5 nitrogen and oxygen atoms in total. The Morgan fingerprint density at radius 3 is 1.96 bits per heavy atom. The topological polar surface area (TPSA) is 57.2 Å². The highest BCUT2D eigenvalue weighted by atomic mass is 16.7. The van der Waals surface area contributed by atoms with Crippen LogP contribution in [0, 0.1) is 17.8 Å². The molecule has 2 unspecified atom stereocenters. The van der Waals surface area contributed by atoms with Crippen LogP contribution in [0.5, 0.6) is 0 Å². The SMILES string of the molecule is C[C@@H]1COC(C)(C)OC1[C@@H](C)CCC(O)CC[C@@H](C)[C@@H]1COC(C)(C)O1. The molecule has 0 amide bonds. The van der Waals surface area contributed by atoms with Gasteiger partial charge in [-0.1, -0.05) is 20.8 Å². The van der Waals surface area contributed by atoms with Crippen LogP contribution in [0.4, 0.5) is 0 Å². The standard InChI is InChI=1S/C21H40O5/c1-14(18-13-24-20(4,5)25-18)8-10-17(22)11-9-15(2)19-16(3)12-23-21(6,7)26-19/h14-19,22H,8-13H2,1-7H3/t14-,15+,16-,17?,18+,19?/m1/s1. The smallest absolute Gasteiger partial charge is 0.163 e. The molecule has 0 aromatic rings. The number of hydrogen-bond acceptors (Lipinski definition) is 5. The van der Waals surface area contributed by atoms with Crippen molar-refractivity contribution in [1.29, 1.82) is 0 Å². The van der Waals surface area contributed by atoms with Crippen LogP contribution in [-0.2, 0) is 18.9 Å². The summed E-state index contributed by atoms with van der Waals surface area (Å²) in [6.45, 7) is 15.8. The Hall–Kier alpha value is -0.200. The fourth-order valence-electron chi connectivity index (χ4n) is 3.98. The van der Waals surface area contributed by atoms with E-state index < -0.39 is 11.6 Å². The molecular weight excluding hydrogens is 332 g/mol. The van der Waals surface area contributed by atoms with Crippen LogP contribution in [0.2, 0.25) is 0 Å². The largest absolute Gasteiger partial charge is 0.393 e. The molecule has 2 aliphatic rings. The second-order valence-electron chi connectivity index (χ2n) is 9.40. The fourth-order valence-corrected chi connectivity index (χ4v) is 3.98. The molecule has 0 bridgehead atoms. The lowest BCUT2D eigenvalue weighted by Crippen LogP contribution is -2.47. The molecule has 0 radical (unpaired) electrons. The number of rotatable bonds is 8. The lowest BCUT2D eigenvalue weighted by Gasteiger charge is -2.42.